The van der Waals surface area contributed by atoms with Gasteiger partial charge in [-0.05, 0) is 37.3 Å². The van der Waals surface area contributed by atoms with Crippen LogP contribution in [0.25, 0.3) is 0 Å². The van der Waals surface area contributed by atoms with Crippen LogP contribution in [0.15, 0.2) is 35.2 Å². The highest BCUT2D eigenvalue weighted by Gasteiger charge is 2.25. The van der Waals surface area contributed by atoms with Crippen LogP contribution in [0.2, 0.25) is 0 Å². The van der Waals surface area contributed by atoms with Crippen LogP contribution >= 0.6 is 0 Å². The minimum Gasteiger partial charge on any atom is -0.352 e. The normalized spacial score (nSPS) is 12.2. The molecule has 0 spiro atoms. The number of hydrogen-bond acceptors (Lipinski definition) is 6. The van der Waals surface area contributed by atoms with E-state index in [1.165, 1.54) is 12.1 Å². The molecule has 12 heteroatoms. The molecule has 11 nitrogen and oxygen atoms in total. The van der Waals surface area contributed by atoms with Gasteiger partial charge in [-0.3, -0.25) is 10.2 Å². The van der Waals surface area contributed by atoms with Gasteiger partial charge in [0.15, 0.2) is 5.03 Å². The predicted octanol–water partition coefficient (Wildman–Crippen LogP) is 0.743. The van der Waals surface area contributed by atoms with Crippen molar-refractivity contribution in [2.24, 2.45) is 5.92 Å². The molecule has 5 N–H and O–H groups in total. The molecule has 0 saturated carbocycles. The van der Waals surface area contributed by atoms with Crippen molar-refractivity contribution in [2.45, 2.75) is 44.0 Å². The fourth-order valence-corrected chi connectivity index (χ4v) is 3.50. The number of carbonyl (C=O) groups excluding carboxylic acids is 1. The van der Waals surface area contributed by atoms with Crippen LogP contribution in [0, 0.1) is 28.0 Å². The molecule has 0 bridgehead atoms. The van der Waals surface area contributed by atoms with Gasteiger partial charge < -0.3 is 10.6 Å². The number of carbonyl (C=O) groups is 1. The smallest absolute Gasteiger partial charge is 0.251 e. The molecule has 1 aromatic rings. The quantitative estimate of drug-likeness (QED) is 0.108. The number of nitro groups is 1. The molecule has 161 valence electrons. The van der Waals surface area contributed by atoms with Gasteiger partial charge in [-0.2, -0.15) is 4.72 Å². The van der Waals surface area contributed by atoms with Gasteiger partial charge in [0.25, 0.3) is 5.96 Å². The first kappa shape index (κ1) is 24.3. The predicted molar refractivity (Wildman–Crippen MR) is 108 cm³/mol. The van der Waals surface area contributed by atoms with E-state index in [0.29, 0.717) is 18.8 Å². The molecular weight excluding hydrogens is 400 g/mol. The summed E-state index contributed by atoms with van der Waals surface area (Å²) in [6.07, 6.45) is 1.06. The van der Waals surface area contributed by atoms with Crippen LogP contribution in [0.1, 0.15) is 33.1 Å². The third-order valence-corrected chi connectivity index (χ3v) is 5.16. The molecular formula is C17H27N6O5S. The highest BCUT2D eigenvalue weighted by Crippen LogP contribution is 2.10. The van der Waals surface area contributed by atoms with E-state index in [9.17, 15) is 23.3 Å². The molecule has 1 amide bonds. The molecule has 29 heavy (non-hydrogen) atoms. The van der Waals surface area contributed by atoms with Crippen LogP contribution < -0.4 is 20.8 Å². The number of hydrogen-bond donors (Lipinski definition) is 5. The monoisotopic (exact) mass is 427 g/mol. The molecule has 0 heterocycles. The highest BCUT2D eigenvalue weighted by molar-refractivity contribution is 7.89. The molecule has 0 aliphatic heterocycles. The van der Waals surface area contributed by atoms with Crippen molar-refractivity contribution in [1.29, 1.82) is 5.41 Å². The number of hydrazine groups is 1. The number of nitrogens with zero attached hydrogens (tertiary/aromatic N) is 1. The molecule has 1 atom stereocenters. The van der Waals surface area contributed by atoms with Gasteiger partial charge in [0.2, 0.25) is 15.9 Å². The molecule has 0 aromatic heterocycles. The zero-order chi connectivity index (χ0) is 21.9. The average Bonchev–Trinajstić information content (AvgIpc) is 2.64. The van der Waals surface area contributed by atoms with E-state index in [0.717, 1.165) is 0 Å². The second-order valence-corrected chi connectivity index (χ2v) is 8.36. The number of sulfonamides is 1. The zero-order valence-electron chi connectivity index (χ0n) is 16.3. The Kier molecular flexibility index (Phi) is 10.0. The van der Waals surface area contributed by atoms with Crippen molar-refractivity contribution in [2.75, 3.05) is 6.54 Å². The summed E-state index contributed by atoms with van der Waals surface area (Å²) in [6, 6.07) is 6.66. The molecule has 1 aromatic carbocycles. The average molecular weight is 428 g/mol. The van der Waals surface area contributed by atoms with Crippen molar-refractivity contribution in [1.82, 2.24) is 20.8 Å². The van der Waals surface area contributed by atoms with Crippen LogP contribution in [-0.4, -0.2) is 37.9 Å². The number of guanidine groups is 1. The molecule has 0 fully saturated rings. The Bertz CT molecular complexity index is 785. The van der Waals surface area contributed by atoms with Gasteiger partial charge in [-0.15, -0.1) is 0 Å². The van der Waals surface area contributed by atoms with E-state index >= 15 is 0 Å². The maximum absolute atomic E-state index is 12.6. The highest BCUT2D eigenvalue weighted by atomic mass is 32.2. The number of amides is 1. The summed E-state index contributed by atoms with van der Waals surface area (Å²) in [4.78, 5) is 22.8. The van der Waals surface area contributed by atoms with Crippen molar-refractivity contribution in [3.05, 3.63) is 47.0 Å². The summed E-state index contributed by atoms with van der Waals surface area (Å²) in [5.74, 6) is -0.658. The van der Waals surface area contributed by atoms with Crippen LogP contribution in [0.3, 0.4) is 0 Å². The fraction of sp³-hybridized carbons (Fsp3) is 0.471. The lowest BCUT2D eigenvalue weighted by molar-refractivity contribution is -0.525. The molecule has 0 aliphatic carbocycles. The lowest BCUT2D eigenvalue weighted by Crippen LogP contribution is -2.46. The lowest BCUT2D eigenvalue weighted by Gasteiger charge is -2.19. The summed E-state index contributed by atoms with van der Waals surface area (Å²) < 4.78 is 27.5. The molecule has 0 unspecified atom stereocenters. The molecule has 0 aliphatic rings. The SMILES string of the molecule is CC(C)C[CH]NC(=O)[C@H](CCCNC(=N)N[N+](=O)[O-])NS(=O)(=O)c1ccccc1. The number of nitrogens with one attached hydrogen (secondary N) is 5. The van der Waals surface area contributed by atoms with E-state index in [-0.39, 0.29) is 17.9 Å². The van der Waals surface area contributed by atoms with Crippen LogP contribution in [-0.2, 0) is 14.8 Å². The third kappa shape index (κ3) is 9.85. The fourth-order valence-electron chi connectivity index (χ4n) is 2.24. The summed E-state index contributed by atoms with van der Waals surface area (Å²) >= 11 is 0. The lowest BCUT2D eigenvalue weighted by atomic mass is 10.1. The van der Waals surface area contributed by atoms with Crippen molar-refractivity contribution in [3.8, 4) is 0 Å². The Labute approximate surface area is 170 Å². The first-order valence-electron chi connectivity index (χ1n) is 9.04. The van der Waals surface area contributed by atoms with Gasteiger partial charge in [0.1, 0.15) is 6.04 Å². The summed E-state index contributed by atoms with van der Waals surface area (Å²) in [6.45, 7) is 5.70. The Morgan fingerprint density at radius 3 is 2.52 bits per heavy atom. The minimum absolute atomic E-state index is 0.0408. The Morgan fingerprint density at radius 1 is 1.28 bits per heavy atom. The van der Waals surface area contributed by atoms with Gasteiger partial charge in [0, 0.05) is 13.1 Å². The first-order chi connectivity index (χ1) is 13.6. The van der Waals surface area contributed by atoms with Crippen LogP contribution in [0.4, 0.5) is 0 Å². The van der Waals surface area contributed by atoms with Crippen molar-refractivity contribution < 1.29 is 18.2 Å². The van der Waals surface area contributed by atoms with Gasteiger partial charge in [-0.1, -0.05) is 37.5 Å². The maximum Gasteiger partial charge on any atom is 0.251 e. The zero-order valence-corrected chi connectivity index (χ0v) is 17.2. The van der Waals surface area contributed by atoms with E-state index in [1.807, 2.05) is 13.8 Å². The Morgan fingerprint density at radius 2 is 1.93 bits per heavy atom. The van der Waals surface area contributed by atoms with Gasteiger partial charge in [0.05, 0.1) is 4.90 Å². The summed E-state index contributed by atoms with van der Waals surface area (Å²) in [5.41, 5.74) is 1.65. The maximum atomic E-state index is 12.6. The van der Waals surface area contributed by atoms with Gasteiger partial charge >= 0.3 is 0 Å². The van der Waals surface area contributed by atoms with E-state index < -0.39 is 33.0 Å². The van der Waals surface area contributed by atoms with E-state index in [2.05, 4.69) is 15.4 Å². The molecule has 1 radical (unpaired) electrons. The molecule has 0 saturated heterocycles. The largest absolute Gasteiger partial charge is 0.352 e. The second-order valence-electron chi connectivity index (χ2n) is 6.64. The first-order valence-corrected chi connectivity index (χ1v) is 10.5. The van der Waals surface area contributed by atoms with Crippen molar-refractivity contribution in [3.63, 3.8) is 0 Å². The van der Waals surface area contributed by atoms with E-state index in [4.69, 9.17) is 5.41 Å². The summed E-state index contributed by atoms with van der Waals surface area (Å²) in [7, 11) is -3.90. The topological polar surface area (TPSA) is 166 Å². The number of rotatable bonds is 12. The summed E-state index contributed by atoms with van der Waals surface area (Å²) in [5, 5.41) is 21.8. The van der Waals surface area contributed by atoms with Crippen molar-refractivity contribution >= 4 is 21.9 Å². The Hall–Kier alpha value is -2.73. The number of benzene rings is 1. The Balaban J connectivity index is 2.71. The third-order valence-electron chi connectivity index (χ3n) is 3.68. The van der Waals surface area contributed by atoms with Gasteiger partial charge in [-0.25, -0.2) is 18.5 Å². The van der Waals surface area contributed by atoms with E-state index in [1.54, 1.807) is 30.2 Å². The standard InChI is InChI=1S/C17H27N6O5S/c1-13(2)10-12-19-16(24)15(9-6-11-20-17(18)21-23(25)26)22-29(27,28)14-7-4-3-5-8-14/h3-5,7-8,12-13,15,22H,6,9-11H2,1-2H3,(H,19,24)(H3,18,20,21)/t15-/m0/s1. The molecule has 1 rings (SSSR count). The van der Waals surface area contributed by atoms with Crippen LogP contribution in [0.5, 0.6) is 0 Å². The second kappa shape index (κ2) is 12.0. The minimum atomic E-state index is -3.90.